The fraction of sp³-hybridized carbons (Fsp3) is 0.533. The molecule has 5 N–H and O–H groups in total. The van der Waals surface area contributed by atoms with Gasteiger partial charge in [-0.1, -0.05) is 12.1 Å². The summed E-state index contributed by atoms with van der Waals surface area (Å²) >= 11 is 0. The van der Waals surface area contributed by atoms with Crippen LogP contribution in [0.4, 0.5) is 0 Å². The van der Waals surface area contributed by atoms with E-state index in [0.29, 0.717) is 11.3 Å². The number of amides is 1. The molecular weight excluding hydrogens is 306 g/mol. The molecule has 128 valence electrons. The van der Waals surface area contributed by atoms with Gasteiger partial charge in [0.1, 0.15) is 30.1 Å². The Labute approximate surface area is 133 Å². The molecule has 2 rings (SSSR count). The summed E-state index contributed by atoms with van der Waals surface area (Å²) in [5.41, 5.74) is 0.698. The Morgan fingerprint density at radius 1 is 1.22 bits per heavy atom. The highest BCUT2D eigenvalue weighted by Crippen LogP contribution is 2.24. The number of nitrogens with one attached hydrogen (secondary N) is 1. The zero-order valence-electron chi connectivity index (χ0n) is 12.6. The molecule has 1 aliphatic rings. The van der Waals surface area contributed by atoms with E-state index in [-0.39, 0.29) is 6.61 Å². The average molecular weight is 327 g/mol. The molecule has 8 heteroatoms. The Bertz CT molecular complexity index is 521. The lowest BCUT2D eigenvalue weighted by Crippen LogP contribution is -2.65. The summed E-state index contributed by atoms with van der Waals surface area (Å²) in [6.07, 6.45) is -4.83. The summed E-state index contributed by atoms with van der Waals surface area (Å²) in [6.45, 7) is 0.658. The fourth-order valence-electron chi connectivity index (χ4n) is 2.38. The molecule has 8 nitrogen and oxygen atoms in total. The SMILES string of the molecule is CC(=O)NC1C(O)[C@H](O)C(CO)O[C@H]1Oc1ccc(CO)cc1. The van der Waals surface area contributed by atoms with Crippen LogP contribution in [0.25, 0.3) is 0 Å². The smallest absolute Gasteiger partial charge is 0.223 e. The Hall–Kier alpha value is -1.71. The summed E-state index contributed by atoms with van der Waals surface area (Å²) in [5.74, 6) is -0.0284. The first-order valence-corrected chi connectivity index (χ1v) is 7.22. The standard InChI is InChI=1S/C15H21NO7/c1-8(19)16-12-14(21)13(20)11(7-18)23-15(12)22-10-4-2-9(6-17)3-5-10/h2-5,11-15,17-18,20-21H,6-7H2,1H3,(H,16,19)/t11?,12?,13-,14?,15-/m1/s1. The summed E-state index contributed by atoms with van der Waals surface area (Å²) in [5, 5.41) is 40.8. The van der Waals surface area contributed by atoms with Crippen molar-refractivity contribution in [1.29, 1.82) is 0 Å². The van der Waals surface area contributed by atoms with Gasteiger partial charge in [0.2, 0.25) is 12.2 Å². The third-order valence-electron chi connectivity index (χ3n) is 3.61. The molecule has 0 aromatic heterocycles. The van der Waals surface area contributed by atoms with Gasteiger partial charge in [0, 0.05) is 6.92 Å². The maximum atomic E-state index is 11.3. The van der Waals surface area contributed by atoms with Crippen LogP contribution < -0.4 is 10.1 Å². The minimum atomic E-state index is -1.36. The lowest BCUT2D eigenvalue weighted by atomic mass is 9.97. The largest absolute Gasteiger partial charge is 0.463 e. The highest BCUT2D eigenvalue weighted by Gasteiger charge is 2.46. The van der Waals surface area contributed by atoms with Gasteiger partial charge in [-0.05, 0) is 17.7 Å². The van der Waals surface area contributed by atoms with E-state index in [4.69, 9.17) is 14.6 Å². The molecule has 1 aromatic carbocycles. The first kappa shape index (κ1) is 17.6. The van der Waals surface area contributed by atoms with E-state index in [1.165, 1.54) is 6.92 Å². The number of ether oxygens (including phenoxy) is 2. The lowest BCUT2D eigenvalue weighted by molar-refractivity contribution is -0.244. The quantitative estimate of drug-likeness (QED) is 0.445. The zero-order chi connectivity index (χ0) is 17.0. The predicted molar refractivity (Wildman–Crippen MR) is 78.4 cm³/mol. The van der Waals surface area contributed by atoms with Crippen molar-refractivity contribution in [3.63, 3.8) is 0 Å². The summed E-state index contributed by atoms with van der Waals surface area (Å²) < 4.78 is 11.1. The molecule has 23 heavy (non-hydrogen) atoms. The molecule has 0 aliphatic carbocycles. The third kappa shape index (κ3) is 4.18. The number of aliphatic hydroxyl groups is 4. The molecule has 1 heterocycles. The molecule has 0 radical (unpaired) electrons. The Kier molecular flexibility index (Phi) is 5.91. The van der Waals surface area contributed by atoms with Crippen molar-refractivity contribution < 1.29 is 34.7 Å². The highest BCUT2D eigenvalue weighted by molar-refractivity contribution is 5.73. The maximum Gasteiger partial charge on any atom is 0.223 e. The fourth-order valence-corrected chi connectivity index (χ4v) is 2.38. The topological polar surface area (TPSA) is 128 Å². The Balaban J connectivity index is 2.17. The zero-order valence-corrected chi connectivity index (χ0v) is 12.6. The Morgan fingerprint density at radius 3 is 2.39 bits per heavy atom. The average Bonchev–Trinajstić information content (AvgIpc) is 2.54. The summed E-state index contributed by atoms with van der Waals surface area (Å²) in [7, 11) is 0. The van der Waals surface area contributed by atoms with Crippen LogP contribution in [-0.2, 0) is 16.1 Å². The van der Waals surface area contributed by atoms with Crippen LogP contribution in [0.3, 0.4) is 0 Å². The third-order valence-corrected chi connectivity index (χ3v) is 3.61. The van der Waals surface area contributed by atoms with Gasteiger partial charge < -0.3 is 35.2 Å². The van der Waals surface area contributed by atoms with Crippen LogP contribution in [0.2, 0.25) is 0 Å². The van der Waals surface area contributed by atoms with E-state index in [2.05, 4.69) is 5.32 Å². The minimum Gasteiger partial charge on any atom is -0.463 e. The van der Waals surface area contributed by atoms with Crippen molar-refractivity contribution in [2.24, 2.45) is 0 Å². The number of rotatable bonds is 5. The van der Waals surface area contributed by atoms with Gasteiger partial charge in [-0.3, -0.25) is 4.79 Å². The number of carbonyl (C=O) groups excluding carboxylic acids is 1. The molecule has 1 aromatic rings. The second kappa shape index (κ2) is 7.71. The molecule has 3 unspecified atom stereocenters. The van der Waals surface area contributed by atoms with Crippen LogP contribution in [0.15, 0.2) is 24.3 Å². The van der Waals surface area contributed by atoms with Gasteiger partial charge in [0.05, 0.1) is 13.2 Å². The Morgan fingerprint density at radius 2 is 1.87 bits per heavy atom. The first-order chi connectivity index (χ1) is 11.0. The maximum absolute atomic E-state index is 11.3. The second-order valence-corrected chi connectivity index (χ2v) is 5.35. The number of carbonyl (C=O) groups is 1. The number of hydrogen-bond donors (Lipinski definition) is 5. The van der Waals surface area contributed by atoms with Gasteiger partial charge in [0.25, 0.3) is 0 Å². The van der Waals surface area contributed by atoms with Gasteiger partial charge in [-0.25, -0.2) is 0 Å². The van der Waals surface area contributed by atoms with Gasteiger partial charge in [0.15, 0.2) is 0 Å². The molecule has 5 atom stereocenters. The molecule has 0 spiro atoms. The van der Waals surface area contributed by atoms with Crippen molar-refractivity contribution in [2.75, 3.05) is 6.61 Å². The molecule has 1 aliphatic heterocycles. The molecule has 1 fully saturated rings. The van der Waals surface area contributed by atoms with E-state index in [1.807, 2.05) is 0 Å². The second-order valence-electron chi connectivity index (χ2n) is 5.35. The number of benzene rings is 1. The van der Waals surface area contributed by atoms with Gasteiger partial charge >= 0.3 is 0 Å². The normalized spacial score (nSPS) is 30.7. The van der Waals surface area contributed by atoms with Crippen molar-refractivity contribution in [3.05, 3.63) is 29.8 Å². The van der Waals surface area contributed by atoms with Crippen LogP contribution in [-0.4, -0.2) is 63.6 Å². The molecule has 0 bridgehead atoms. The van der Waals surface area contributed by atoms with E-state index < -0.39 is 43.2 Å². The first-order valence-electron chi connectivity index (χ1n) is 7.22. The molecule has 0 saturated carbocycles. The van der Waals surface area contributed by atoms with Crippen molar-refractivity contribution in [1.82, 2.24) is 5.32 Å². The summed E-state index contributed by atoms with van der Waals surface area (Å²) in [4.78, 5) is 11.3. The minimum absolute atomic E-state index is 0.105. The van der Waals surface area contributed by atoms with Crippen molar-refractivity contribution >= 4 is 5.91 Å². The van der Waals surface area contributed by atoms with E-state index in [1.54, 1.807) is 24.3 Å². The molecule has 1 amide bonds. The highest BCUT2D eigenvalue weighted by atomic mass is 16.7. The number of aliphatic hydroxyl groups excluding tert-OH is 4. The molecule has 1 saturated heterocycles. The van der Waals surface area contributed by atoms with Crippen molar-refractivity contribution in [3.8, 4) is 5.75 Å². The summed E-state index contributed by atoms with van der Waals surface area (Å²) in [6, 6.07) is 5.51. The predicted octanol–water partition coefficient (Wildman–Crippen LogP) is -1.50. The lowest BCUT2D eigenvalue weighted by Gasteiger charge is -2.42. The van der Waals surface area contributed by atoms with Crippen molar-refractivity contribution in [2.45, 2.75) is 44.2 Å². The monoisotopic (exact) mass is 327 g/mol. The van der Waals surface area contributed by atoms with Gasteiger partial charge in [-0.15, -0.1) is 0 Å². The number of hydrogen-bond acceptors (Lipinski definition) is 7. The molecular formula is C15H21NO7. The van der Waals surface area contributed by atoms with E-state index >= 15 is 0 Å². The van der Waals surface area contributed by atoms with E-state index in [9.17, 15) is 20.1 Å². The van der Waals surface area contributed by atoms with Gasteiger partial charge in [-0.2, -0.15) is 0 Å². The van der Waals surface area contributed by atoms with E-state index in [0.717, 1.165) is 0 Å². The van der Waals surface area contributed by atoms with Crippen LogP contribution in [0, 0.1) is 0 Å². The van der Waals surface area contributed by atoms with Crippen LogP contribution in [0.5, 0.6) is 5.75 Å². The van der Waals surface area contributed by atoms with Crippen LogP contribution in [0.1, 0.15) is 12.5 Å². The van der Waals surface area contributed by atoms with Crippen LogP contribution >= 0.6 is 0 Å².